The maximum Gasteiger partial charge on any atom is 0.194 e. The summed E-state index contributed by atoms with van der Waals surface area (Å²) in [6, 6.07) is 16.4. The van der Waals surface area contributed by atoms with Crippen LogP contribution in [0.1, 0.15) is 15.9 Å². The van der Waals surface area contributed by atoms with Crippen molar-refractivity contribution in [1.82, 2.24) is 0 Å². The molecule has 3 heteroatoms. The SMILES string of the molecule is O=C1c2cc(I)ccc2-c2ccc(I)c3cccc1c23. The molecule has 0 aliphatic heterocycles. The second kappa shape index (κ2) is 4.53. The Labute approximate surface area is 143 Å². The Morgan fingerprint density at radius 2 is 1.55 bits per heavy atom. The van der Waals surface area contributed by atoms with E-state index in [-0.39, 0.29) is 5.78 Å². The van der Waals surface area contributed by atoms with Crippen LogP contribution < -0.4 is 0 Å². The number of carbonyl (C=O) groups is 1. The van der Waals surface area contributed by atoms with E-state index in [0.717, 1.165) is 31.0 Å². The third kappa shape index (κ3) is 1.69. The molecule has 96 valence electrons. The van der Waals surface area contributed by atoms with Gasteiger partial charge in [0.15, 0.2) is 5.78 Å². The molecule has 0 bridgehead atoms. The minimum atomic E-state index is 0.138. The lowest BCUT2D eigenvalue weighted by molar-refractivity contribution is 0.104. The number of ketones is 1. The van der Waals surface area contributed by atoms with Crippen molar-refractivity contribution in [3.8, 4) is 11.1 Å². The van der Waals surface area contributed by atoms with E-state index in [1.165, 1.54) is 9.13 Å². The van der Waals surface area contributed by atoms with Gasteiger partial charge in [-0.25, -0.2) is 0 Å². The molecule has 3 aromatic carbocycles. The Hall–Kier alpha value is -0.950. The molecular formula is C17H8I2O. The fraction of sp³-hybridized carbons (Fsp3) is 0. The maximum absolute atomic E-state index is 12.8. The molecule has 0 heterocycles. The van der Waals surface area contributed by atoms with Crippen LogP contribution in [0.3, 0.4) is 0 Å². The maximum atomic E-state index is 12.8. The van der Waals surface area contributed by atoms with Gasteiger partial charge in [-0.2, -0.15) is 0 Å². The van der Waals surface area contributed by atoms with Crippen molar-refractivity contribution >= 4 is 61.7 Å². The molecule has 4 rings (SSSR count). The predicted molar refractivity (Wildman–Crippen MR) is 98.3 cm³/mol. The van der Waals surface area contributed by atoms with Crippen LogP contribution in [-0.4, -0.2) is 5.78 Å². The molecule has 3 aromatic rings. The second-order valence-electron chi connectivity index (χ2n) is 4.84. The highest BCUT2D eigenvalue weighted by atomic mass is 127. The molecule has 0 fully saturated rings. The molecule has 0 atom stereocenters. The normalized spacial score (nSPS) is 12.6. The third-order valence-electron chi connectivity index (χ3n) is 3.75. The summed E-state index contributed by atoms with van der Waals surface area (Å²) in [6.07, 6.45) is 0. The minimum absolute atomic E-state index is 0.138. The van der Waals surface area contributed by atoms with E-state index >= 15 is 0 Å². The molecule has 1 nitrogen and oxygen atoms in total. The van der Waals surface area contributed by atoms with Gasteiger partial charge in [0.25, 0.3) is 0 Å². The lowest BCUT2D eigenvalue weighted by Gasteiger charge is -2.20. The van der Waals surface area contributed by atoms with Gasteiger partial charge in [0, 0.05) is 23.7 Å². The van der Waals surface area contributed by atoms with E-state index in [2.05, 4.69) is 75.5 Å². The molecule has 20 heavy (non-hydrogen) atoms. The first-order chi connectivity index (χ1) is 9.66. The Bertz CT molecular complexity index is 897. The van der Waals surface area contributed by atoms with Crippen LogP contribution in [0.5, 0.6) is 0 Å². The number of fused-ring (bicyclic) bond motifs is 2. The van der Waals surface area contributed by atoms with Gasteiger partial charge in [0.2, 0.25) is 0 Å². The quantitative estimate of drug-likeness (QED) is 0.313. The molecule has 1 aliphatic carbocycles. The van der Waals surface area contributed by atoms with Crippen LogP contribution in [-0.2, 0) is 0 Å². The monoisotopic (exact) mass is 482 g/mol. The smallest absolute Gasteiger partial charge is 0.194 e. The van der Waals surface area contributed by atoms with E-state index < -0.39 is 0 Å². The zero-order chi connectivity index (χ0) is 13.9. The van der Waals surface area contributed by atoms with Crippen LogP contribution in [0.15, 0.2) is 48.5 Å². The molecule has 0 saturated carbocycles. The average Bonchev–Trinajstić information content (AvgIpc) is 2.46. The predicted octanol–water partition coefficient (Wildman–Crippen LogP) is 5.26. The van der Waals surface area contributed by atoms with Gasteiger partial charge in [-0.1, -0.05) is 30.3 Å². The molecule has 0 spiro atoms. The summed E-state index contributed by atoms with van der Waals surface area (Å²) in [4.78, 5) is 12.8. The van der Waals surface area contributed by atoms with Crippen molar-refractivity contribution in [3.63, 3.8) is 0 Å². The molecule has 0 radical (unpaired) electrons. The molecule has 0 saturated heterocycles. The Morgan fingerprint density at radius 3 is 2.40 bits per heavy atom. The van der Waals surface area contributed by atoms with Crippen molar-refractivity contribution in [1.29, 1.82) is 0 Å². The fourth-order valence-electron chi connectivity index (χ4n) is 2.87. The fourth-order valence-corrected chi connectivity index (χ4v) is 3.99. The molecular weight excluding hydrogens is 474 g/mol. The summed E-state index contributed by atoms with van der Waals surface area (Å²) in [7, 11) is 0. The zero-order valence-corrected chi connectivity index (χ0v) is 14.6. The van der Waals surface area contributed by atoms with Crippen molar-refractivity contribution < 1.29 is 4.79 Å². The van der Waals surface area contributed by atoms with Crippen LogP contribution in [0.4, 0.5) is 0 Å². The van der Waals surface area contributed by atoms with E-state index in [9.17, 15) is 4.79 Å². The van der Waals surface area contributed by atoms with Crippen LogP contribution in [0, 0.1) is 7.14 Å². The summed E-state index contributed by atoms with van der Waals surface area (Å²) in [5.74, 6) is 0.138. The summed E-state index contributed by atoms with van der Waals surface area (Å²) in [5.41, 5.74) is 3.86. The summed E-state index contributed by atoms with van der Waals surface area (Å²) >= 11 is 4.59. The zero-order valence-electron chi connectivity index (χ0n) is 10.3. The number of halogens is 2. The summed E-state index contributed by atoms with van der Waals surface area (Å²) in [6.45, 7) is 0. The highest BCUT2D eigenvalue weighted by Gasteiger charge is 2.25. The lowest BCUT2D eigenvalue weighted by atomic mass is 9.83. The van der Waals surface area contributed by atoms with Gasteiger partial charge >= 0.3 is 0 Å². The number of rotatable bonds is 0. The standard InChI is InChI=1S/C17H8I2O/c18-9-4-5-10-11-6-7-15(19)12-2-1-3-13(16(11)12)17(20)14(10)8-9/h1-8H. The highest BCUT2D eigenvalue weighted by Crippen LogP contribution is 2.41. The number of carbonyl (C=O) groups excluding carboxylic acids is 1. The van der Waals surface area contributed by atoms with Gasteiger partial charge in [-0.3, -0.25) is 4.79 Å². The van der Waals surface area contributed by atoms with E-state index in [1.807, 2.05) is 18.2 Å². The highest BCUT2D eigenvalue weighted by molar-refractivity contribution is 14.1. The third-order valence-corrected chi connectivity index (χ3v) is 5.36. The first-order valence-electron chi connectivity index (χ1n) is 6.22. The molecule has 0 unspecified atom stereocenters. The van der Waals surface area contributed by atoms with Crippen molar-refractivity contribution in [2.24, 2.45) is 0 Å². The van der Waals surface area contributed by atoms with Gasteiger partial charge in [-0.05, 0) is 79.9 Å². The number of hydrogen-bond acceptors (Lipinski definition) is 1. The number of hydrogen-bond donors (Lipinski definition) is 0. The summed E-state index contributed by atoms with van der Waals surface area (Å²) < 4.78 is 2.28. The molecule has 0 aromatic heterocycles. The first-order valence-corrected chi connectivity index (χ1v) is 8.38. The summed E-state index contributed by atoms with van der Waals surface area (Å²) in [5, 5.41) is 2.26. The first kappa shape index (κ1) is 12.8. The van der Waals surface area contributed by atoms with Crippen LogP contribution >= 0.6 is 45.2 Å². The van der Waals surface area contributed by atoms with Gasteiger partial charge in [-0.15, -0.1) is 0 Å². The van der Waals surface area contributed by atoms with E-state index in [0.29, 0.717) is 0 Å². The van der Waals surface area contributed by atoms with E-state index in [1.54, 1.807) is 0 Å². The Kier molecular flexibility index (Phi) is 2.89. The van der Waals surface area contributed by atoms with Gasteiger partial charge in [0.05, 0.1) is 0 Å². The van der Waals surface area contributed by atoms with Gasteiger partial charge < -0.3 is 0 Å². The van der Waals surface area contributed by atoms with Crippen molar-refractivity contribution in [3.05, 3.63) is 66.8 Å². The van der Waals surface area contributed by atoms with E-state index in [4.69, 9.17) is 0 Å². The van der Waals surface area contributed by atoms with Crippen LogP contribution in [0.2, 0.25) is 0 Å². The van der Waals surface area contributed by atoms with Crippen molar-refractivity contribution in [2.75, 3.05) is 0 Å². The topological polar surface area (TPSA) is 17.1 Å². The molecule has 1 aliphatic rings. The number of benzene rings is 3. The second-order valence-corrected chi connectivity index (χ2v) is 7.25. The minimum Gasteiger partial charge on any atom is -0.289 e. The lowest BCUT2D eigenvalue weighted by Crippen LogP contribution is -2.10. The van der Waals surface area contributed by atoms with Gasteiger partial charge in [0.1, 0.15) is 0 Å². The Morgan fingerprint density at radius 1 is 0.750 bits per heavy atom. The van der Waals surface area contributed by atoms with Crippen molar-refractivity contribution in [2.45, 2.75) is 0 Å². The molecule has 0 amide bonds. The largest absolute Gasteiger partial charge is 0.289 e. The average molecular weight is 482 g/mol. The van der Waals surface area contributed by atoms with Crippen LogP contribution in [0.25, 0.3) is 21.9 Å². The Balaban J connectivity index is 2.24. The molecule has 0 N–H and O–H groups in total.